The van der Waals surface area contributed by atoms with E-state index in [0.717, 1.165) is 17.1 Å². The minimum Gasteiger partial charge on any atom is -0.486 e. The molecule has 25 heavy (non-hydrogen) atoms. The maximum absolute atomic E-state index is 12.1. The van der Waals surface area contributed by atoms with Crippen molar-refractivity contribution in [2.24, 2.45) is 0 Å². The molecule has 1 aromatic heterocycles. The summed E-state index contributed by atoms with van der Waals surface area (Å²) in [6.45, 7) is 2.12. The van der Waals surface area contributed by atoms with Crippen LogP contribution in [0.1, 0.15) is 16.5 Å². The first-order valence-electron chi connectivity index (χ1n) is 8.23. The summed E-state index contributed by atoms with van der Waals surface area (Å²) in [5.41, 5.74) is 0.974. The molecule has 0 radical (unpaired) electrons. The third-order valence-corrected chi connectivity index (χ3v) is 4.98. The first-order chi connectivity index (χ1) is 12.1. The molecule has 0 aliphatic carbocycles. The molecule has 2 aromatic rings. The number of thiophene rings is 1. The maximum Gasteiger partial charge on any atom is 0.315 e. The first-order valence-corrected chi connectivity index (χ1v) is 9.11. The molecule has 1 aliphatic heterocycles. The Morgan fingerprint density at radius 2 is 2.00 bits per heavy atom. The van der Waals surface area contributed by atoms with E-state index < -0.39 is 0 Å². The monoisotopic (exact) mass is 361 g/mol. The van der Waals surface area contributed by atoms with E-state index in [9.17, 15) is 4.79 Å². The highest BCUT2D eigenvalue weighted by atomic mass is 32.1. The standard InChI is InChI=1S/C18H23N3O3S/c1-21(2)14(17-4-3-9-25-17)12-20-18(22)19-11-13-5-6-15-16(10-13)24-8-7-23-15/h3-6,9-10,14H,7-8,11-12H2,1-2H3,(H2,19,20,22). The Kier molecular flexibility index (Phi) is 5.78. The van der Waals surface area contributed by atoms with Gasteiger partial charge in [0, 0.05) is 18.0 Å². The zero-order valence-corrected chi connectivity index (χ0v) is 15.3. The Labute approximate surface area is 151 Å². The normalized spacial score (nSPS) is 14.2. The predicted molar refractivity (Wildman–Crippen MR) is 98.4 cm³/mol. The number of hydrogen-bond donors (Lipinski definition) is 2. The van der Waals surface area contributed by atoms with Crippen LogP contribution in [0.3, 0.4) is 0 Å². The highest BCUT2D eigenvalue weighted by molar-refractivity contribution is 7.10. The van der Waals surface area contributed by atoms with Crippen molar-refractivity contribution in [3.8, 4) is 11.5 Å². The predicted octanol–water partition coefficient (Wildman–Crippen LogP) is 2.62. The lowest BCUT2D eigenvalue weighted by atomic mass is 10.2. The van der Waals surface area contributed by atoms with Crippen LogP contribution in [0.5, 0.6) is 11.5 Å². The second-order valence-electron chi connectivity index (χ2n) is 6.04. The Morgan fingerprint density at radius 1 is 1.20 bits per heavy atom. The zero-order valence-electron chi connectivity index (χ0n) is 14.5. The van der Waals surface area contributed by atoms with Crippen LogP contribution in [-0.2, 0) is 6.54 Å². The number of rotatable bonds is 6. The molecule has 0 bridgehead atoms. The molecule has 2 N–H and O–H groups in total. The molecule has 6 nitrogen and oxygen atoms in total. The third-order valence-electron chi connectivity index (χ3n) is 4.01. The van der Waals surface area contributed by atoms with Gasteiger partial charge in [0.25, 0.3) is 0 Å². The molecule has 134 valence electrons. The van der Waals surface area contributed by atoms with Crippen molar-refractivity contribution in [1.82, 2.24) is 15.5 Å². The van der Waals surface area contributed by atoms with Gasteiger partial charge in [-0.15, -0.1) is 11.3 Å². The van der Waals surface area contributed by atoms with E-state index in [1.54, 1.807) is 11.3 Å². The zero-order chi connectivity index (χ0) is 17.6. The van der Waals surface area contributed by atoms with Crippen molar-refractivity contribution < 1.29 is 14.3 Å². The van der Waals surface area contributed by atoms with Crippen molar-refractivity contribution in [1.29, 1.82) is 0 Å². The van der Waals surface area contributed by atoms with E-state index in [1.165, 1.54) is 4.88 Å². The summed E-state index contributed by atoms with van der Waals surface area (Å²) in [5, 5.41) is 7.88. The Morgan fingerprint density at radius 3 is 2.72 bits per heavy atom. The lowest BCUT2D eigenvalue weighted by Gasteiger charge is -2.23. The van der Waals surface area contributed by atoms with Gasteiger partial charge in [0.1, 0.15) is 13.2 Å². The van der Waals surface area contributed by atoms with Gasteiger partial charge in [-0.1, -0.05) is 12.1 Å². The molecule has 1 atom stereocenters. The number of nitrogens with one attached hydrogen (secondary N) is 2. The van der Waals surface area contributed by atoms with Crippen LogP contribution in [0.2, 0.25) is 0 Å². The van der Waals surface area contributed by atoms with Crippen LogP contribution < -0.4 is 20.1 Å². The van der Waals surface area contributed by atoms with Crippen LogP contribution in [0.15, 0.2) is 35.7 Å². The van der Waals surface area contributed by atoms with Crippen LogP contribution >= 0.6 is 11.3 Å². The summed E-state index contributed by atoms with van der Waals surface area (Å²) in [6.07, 6.45) is 0. The number of hydrogen-bond acceptors (Lipinski definition) is 5. The number of likely N-dealkylation sites (N-methyl/N-ethyl adjacent to an activating group) is 1. The van der Waals surface area contributed by atoms with E-state index in [0.29, 0.717) is 26.3 Å². The van der Waals surface area contributed by atoms with Gasteiger partial charge in [0.15, 0.2) is 11.5 Å². The SMILES string of the molecule is CN(C)C(CNC(=O)NCc1ccc2c(c1)OCCO2)c1cccs1. The quantitative estimate of drug-likeness (QED) is 0.830. The molecule has 1 aromatic carbocycles. The fourth-order valence-electron chi connectivity index (χ4n) is 2.65. The summed E-state index contributed by atoms with van der Waals surface area (Å²) in [6, 6.07) is 9.81. The van der Waals surface area contributed by atoms with Crippen molar-refractivity contribution in [3.63, 3.8) is 0 Å². The van der Waals surface area contributed by atoms with Crippen LogP contribution in [0, 0.1) is 0 Å². The third kappa shape index (κ3) is 4.64. The van der Waals surface area contributed by atoms with Crippen molar-refractivity contribution in [3.05, 3.63) is 46.2 Å². The molecule has 2 heterocycles. The number of benzene rings is 1. The molecule has 1 aliphatic rings. The molecule has 2 amide bonds. The number of amides is 2. The lowest BCUT2D eigenvalue weighted by Crippen LogP contribution is -2.40. The second-order valence-corrected chi connectivity index (χ2v) is 7.02. The fourth-order valence-corrected chi connectivity index (χ4v) is 3.57. The number of urea groups is 1. The Balaban J connectivity index is 1.49. The van der Waals surface area contributed by atoms with Gasteiger partial charge in [-0.2, -0.15) is 0 Å². The highest BCUT2D eigenvalue weighted by Gasteiger charge is 2.16. The number of ether oxygens (including phenoxy) is 2. The first kappa shape index (κ1) is 17.6. The van der Waals surface area contributed by atoms with Gasteiger partial charge in [-0.05, 0) is 43.2 Å². The van der Waals surface area contributed by atoms with Crippen molar-refractivity contribution in [2.45, 2.75) is 12.6 Å². The smallest absolute Gasteiger partial charge is 0.315 e. The number of nitrogens with zero attached hydrogens (tertiary/aromatic N) is 1. The molecule has 1 unspecified atom stereocenters. The minimum atomic E-state index is -0.182. The van der Waals surface area contributed by atoms with E-state index in [4.69, 9.17) is 9.47 Å². The van der Waals surface area contributed by atoms with Gasteiger partial charge in [0.05, 0.1) is 6.04 Å². The summed E-state index contributed by atoms with van der Waals surface area (Å²) < 4.78 is 11.1. The Hall–Kier alpha value is -2.25. The van der Waals surface area contributed by atoms with E-state index in [1.807, 2.05) is 43.7 Å². The number of carbonyl (C=O) groups is 1. The van der Waals surface area contributed by atoms with Gasteiger partial charge in [0.2, 0.25) is 0 Å². The summed E-state index contributed by atoms with van der Waals surface area (Å²) in [5.74, 6) is 1.49. The van der Waals surface area contributed by atoms with Gasteiger partial charge in [-0.3, -0.25) is 0 Å². The van der Waals surface area contributed by atoms with Crippen molar-refractivity contribution in [2.75, 3.05) is 33.9 Å². The highest BCUT2D eigenvalue weighted by Crippen LogP contribution is 2.30. The summed E-state index contributed by atoms with van der Waals surface area (Å²) in [4.78, 5) is 15.4. The van der Waals surface area contributed by atoms with Crippen LogP contribution in [0.4, 0.5) is 4.79 Å². The molecular weight excluding hydrogens is 338 g/mol. The molecule has 0 saturated heterocycles. The Bertz CT molecular complexity index is 704. The summed E-state index contributed by atoms with van der Waals surface area (Å²) in [7, 11) is 4.03. The van der Waals surface area contributed by atoms with Crippen molar-refractivity contribution >= 4 is 17.4 Å². The minimum absolute atomic E-state index is 0.167. The number of fused-ring (bicyclic) bond motifs is 1. The second kappa shape index (κ2) is 8.22. The average Bonchev–Trinajstić information content (AvgIpc) is 3.14. The van der Waals surface area contributed by atoms with E-state index in [2.05, 4.69) is 21.6 Å². The molecule has 0 saturated carbocycles. The van der Waals surface area contributed by atoms with E-state index >= 15 is 0 Å². The largest absolute Gasteiger partial charge is 0.486 e. The lowest BCUT2D eigenvalue weighted by molar-refractivity contribution is 0.171. The molecule has 0 fully saturated rings. The topological polar surface area (TPSA) is 62.8 Å². The van der Waals surface area contributed by atoms with Gasteiger partial charge in [-0.25, -0.2) is 4.79 Å². The molecule has 7 heteroatoms. The average molecular weight is 361 g/mol. The molecular formula is C18H23N3O3S. The number of carbonyl (C=O) groups excluding carboxylic acids is 1. The summed E-state index contributed by atoms with van der Waals surface area (Å²) >= 11 is 1.70. The van der Waals surface area contributed by atoms with Crippen LogP contribution in [-0.4, -0.2) is 44.8 Å². The molecule has 3 rings (SSSR count). The van der Waals surface area contributed by atoms with Gasteiger partial charge >= 0.3 is 6.03 Å². The van der Waals surface area contributed by atoms with Crippen LogP contribution in [0.25, 0.3) is 0 Å². The fraction of sp³-hybridized carbons (Fsp3) is 0.389. The maximum atomic E-state index is 12.1. The molecule has 0 spiro atoms. The van der Waals surface area contributed by atoms with Gasteiger partial charge < -0.3 is 25.0 Å². The van der Waals surface area contributed by atoms with E-state index in [-0.39, 0.29) is 12.1 Å².